The van der Waals surface area contributed by atoms with Crippen LogP contribution in [0.2, 0.25) is 5.02 Å². The molecule has 4 amide bonds. The maximum absolute atomic E-state index is 12.5. The molecule has 0 bridgehead atoms. The molecule has 0 radical (unpaired) electrons. The molecule has 1 aliphatic heterocycles. The highest BCUT2D eigenvalue weighted by molar-refractivity contribution is 6.30. The summed E-state index contributed by atoms with van der Waals surface area (Å²) in [6.45, 7) is 1.58. The molecule has 1 saturated heterocycles. The normalized spacial score (nSPS) is 18.6. The van der Waals surface area contributed by atoms with Gasteiger partial charge >= 0.3 is 12.0 Å². The van der Waals surface area contributed by atoms with Crippen LogP contribution in [0.5, 0.6) is 0 Å². The largest absolute Gasteiger partial charge is 0.453 e. The van der Waals surface area contributed by atoms with Crippen molar-refractivity contribution in [1.29, 1.82) is 0 Å². The van der Waals surface area contributed by atoms with E-state index in [-0.39, 0.29) is 25.3 Å². The second kappa shape index (κ2) is 8.77. The number of nitrogens with zero attached hydrogens (tertiary/aromatic N) is 2. The molecule has 2 heterocycles. The van der Waals surface area contributed by atoms with E-state index in [1.165, 1.54) is 24.1 Å². The monoisotopic (exact) mass is 422 g/mol. The van der Waals surface area contributed by atoms with E-state index in [1.807, 2.05) is 0 Å². The molecule has 1 aliphatic carbocycles. The van der Waals surface area contributed by atoms with Crippen molar-refractivity contribution in [1.82, 2.24) is 15.2 Å². The van der Waals surface area contributed by atoms with Crippen LogP contribution in [0, 0.1) is 0 Å². The van der Waals surface area contributed by atoms with Crippen LogP contribution in [0.3, 0.4) is 0 Å². The van der Waals surface area contributed by atoms with Crippen LogP contribution in [0.4, 0.5) is 10.6 Å². The van der Waals surface area contributed by atoms with Crippen molar-refractivity contribution in [3.05, 3.63) is 23.4 Å². The highest BCUT2D eigenvalue weighted by Crippen LogP contribution is 2.35. The van der Waals surface area contributed by atoms with Gasteiger partial charge in [0.2, 0.25) is 0 Å². The number of carbonyl (C=O) groups is 4. The van der Waals surface area contributed by atoms with E-state index in [0.29, 0.717) is 23.7 Å². The lowest BCUT2D eigenvalue weighted by Crippen LogP contribution is -2.44. The fraction of sp³-hybridized carbons (Fsp3) is 0.526. The lowest BCUT2D eigenvalue weighted by Gasteiger charge is -2.20. The van der Waals surface area contributed by atoms with E-state index in [9.17, 15) is 19.2 Å². The van der Waals surface area contributed by atoms with E-state index < -0.39 is 29.6 Å². The SMILES string of the molecule is C[C@H](OC(=O)CCCN1C(=O)NC2(CCCC2)C1=O)C(=O)Nc1ccc(Cl)cn1. The van der Waals surface area contributed by atoms with Gasteiger partial charge < -0.3 is 15.4 Å². The summed E-state index contributed by atoms with van der Waals surface area (Å²) in [5, 5.41) is 5.75. The quantitative estimate of drug-likeness (QED) is 0.514. The van der Waals surface area contributed by atoms with Crippen molar-refractivity contribution < 1.29 is 23.9 Å². The van der Waals surface area contributed by atoms with Crippen LogP contribution < -0.4 is 10.6 Å². The van der Waals surface area contributed by atoms with Crippen molar-refractivity contribution in [2.75, 3.05) is 11.9 Å². The average Bonchev–Trinajstić information content (AvgIpc) is 3.24. The first-order chi connectivity index (χ1) is 13.8. The first-order valence-electron chi connectivity index (χ1n) is 9.57. The lowest BCUT2D eigenvalue weighted by atomic mass is 9.98. The zero-order valence-electron chi connectivity index (χ0n) is 16.1. The first-order valence-corrected chi connectivity index (χ1v) is 9.94. The summed E-state index contributed by atoms with van der Waals surface area (Å²) < 4.78 is 5.11. The number of nitrogens with one attached hydrogen (secondary N) is 2. The van der Waals surface area contributed by atoms with Gasteiger partial charge in [0.05, 0.1) is 5.02 Å². The summed E-state index contributed by atoms with van der Waals surface area (Å²) in [6, 6.07) is 2.70. The van der Waals surface area contributed by atoms with Crippen molar-refractivity contribution >= 4 is 41.2 Å². The van der Waals surface area contributed by atoms with Gasteiger partial charge in [-0.15, -0.1) is 0 Å². The molecule has 156 valence electrons. The molecule has 10 heteroatoms. The van der Waals surface area contributed by atoms with Crippen molar-refractivity contribution in [2.45, 2.75) is 57.1 Å². The second-order valence-electron chi connectivity index (χ2n) is 7.26. The Morgan fingerprint density at radius 1 is 1.34 bits per heavy atom. The molecule has 1 spiro atoms. The predicted molar refractivity (Wildman–Crippen MR) is 104 cm³/mol. The number of aromatic nitrogens is 1. The number of imide groups is 1. The zero-order chi connectivity index (χ0) is 21.0. The first kappa shape index (κ1) is 21.0. The van der Waals surface area contributed by atoms with Gasteiger partial charge in [-0.1, -0.05) is 24.4 Å². The molecule has 1 saturated carbocycles. The fourth-order valence-electron chi connectivity index (χ4n) is 3.57. The number of pyridine rings is 1. The van der Waals surface area contributed by atoms with Gasteiger partial charge in [-0.05, 0) is 38.3 Å². The molecule has 1 aromatic rings. The number of hydrogen-bond acceptors (Lipinski definition) is 6. The second-order valence-corrected chi connectivity index (χ2v) is 7.70. The highest BCUT2D eigenvalue weighted by atomic mass is 35.5. The van der Waals surface area contributed by atoms with E-state index in [1.54, 1.807) is 6.07 Å². The minimum absolute atomic E-state index is 0.0130. The highest BCUT2D eigenvalue weighted by Gasteiger charge is 2.52. The van der Waals surface area contributed by atoms with Gasteiger partial charge in [-0.3, -0.25) is 19.3 Å². The number of anilines is 1. The standard InChI is InChI=1S/C19H23ClN4O5/c1-12(16(26)22-14-7-6-13(20)11-21-14)29-15(25)5-4-10-24-17(27)19(23-18(24)28)8-2-3-9-19/h6-7,11-12H,2-5,8-10H2,1H3,(H,23,28)(H,21,22,26)/t12-/m0/s1. The van der Waals surface area contributed by atoms with E-state index in [4.69, 9.17) is 16.3 Å². The van der Waals surface area contributed by atoms with Gasteiger partial charge in [0.25, 0.3) is 11.8 Å². The van der Waals surface area contributed by atoms with Gasteiger partial charge in [0.1, 0.15) is 11.4 Å². The van der Waals surface area contributed by atoms with Gasteiger partial charge in [-0.25, -0.2) is 9.78 Å². The average molecular weight is 423 g/mol. The maximum Gasteiger partial charge on any atom is 0.325 e. The summed E-state index contributed by atoms with van der Waals surface area (Å²) in [7, 11) is 0. The molecule has 9 nitrogen and oxygen atoms in total. The van der Waals surface area contributed by atoms with E-state index in [0.717, 1.165) is 12.8 Å². The minimum Gasteiger partial charge on any atom is -0.453 e. The third kappa shape index (κ3) is 4.84. The van der Waals surface area contributed by atoms with E-state index in [2.05, 4.69) is 15.6 Å². The molecule has 2 N–H and O–H groups in total. The number of rotatable bonds is 7. The summed E-state index contributed by atoms with van der Waals surface area (Å²) in [5.74, 6) is -1.02. The molecular formula is C19H23ClN4O5. The Morgan fingerprint density at radius 2 is 2.07 bits per heavy atom. The number of hydrogen-bond donors (Lipinski definition) is 2. The third-order valence-corrected chi connectivity index (χ3v) is 5.35. The van der Waals surface area contributed by atoms with Gasteiger partial charge in [0, 0.05) is 19.2 Å². The Morgan fingerprint density at radius 3 is 2.72 bits per heavy atom. The molecule has 0 aromatic carbocycles. The van der Waals surface area contributed by atoms with Crippen LogP contribution in [0.25, 0.3) is 0 Å². The molecule has 3 rings (SSSR count). The minimum atomic E-state index is -1.02. The molecule has 2 fully saturated rings. The number of urea groups is 1. The summed E-state index contributed by atoms with van der Waals surface area (Å²) in [4.78, 5) is 53.8. The number of carbonyl (C=O) groups excluding carboxylic acids is 4. The lowest BCUT2D eigenvalue weighted by molar-refractivity contribution is -0.153. The van der Waals surface area contributed by atoms with Crippen molar-refractivity contribution in [2.24, 2.45) is 0 Å². The molecule has 1 aromatic heterocycles. The Kier molecular flexibility index (Phi) is 6.36. The topological polar surface area (TPSA) is 118 Å². The molecular weight excluding hydrogens is 400 g/mol. The maximum atomic E-state index is 12.5. The van der Waals surface area contributed by atoms with Crippen LogP contribution in [0.1, 0.15) is 45.4 Å². The van der Waals surface area contributed by atoms with Crippen molar-refractivity contribution in [3.8, 4) is 0 Å². The predicted octanol–water partition coefficient (Wildman–Crippen LogP) is 2.25. The number of amides is 4. The molecule has 1 atom stereocenters. The van der Waals surface area contributed by atoms with Crippen LogP contribution in [0.15, 0.2) is 18.3 Å². The summed E-state index contributed by atoms with van der Waals surface area (Å²) in [5.41, 5.74) is -0.750. The summed E-state index contributed by atoms with van der Waals surface area (Å²) in [6.07, 6.45) is 3.77. The van der Waals surface area contributed by atoms with Gasteiger partial charge in [0.15, 0.2) is 6.10 Å². The zero-order valence-corrected chi connectivity index (χ0v) is 16.8. The fourth-order valence-corrected chi connectivity index (χ4v) is 3.68. The number of esters is 1. The van der Waals surface area contributed by atoms with Gasteiger partial charge in [-0.2, -0.15) is 0 Å². The summed E-state index contributed by atoms with van der Waals surface area (Å²) >= 11 is 5.73. The molecule has 29 heavy (non-hydrogen) atoms. The van der Waals surface area contributed by atoms with Crippen molar-refractivity contribution in [3.63, 3.8) is 0 Å². The Labute approximate surface area is 173 Å². The van der Waals surface area contributed by atoms with Crippen LogP contribution >= 0.6 is 11.6 Å². The Hall–Kier alpha value is -2.68. The molecule has 2 aliphatic rings. The van der Waals surface area contributed by atoms with Crippen LogP contribution in [-0.4, -0.2) is 51.9 Å². The Bertz CT molecular complexity index is 807. The van der Waals surface area contributed by atoms with E-state index >= 15 is 0 Å². The Balaban J connectivity index is 1.41. The third-order valence-electron chi connectivity index (χ3n) is 5.12. The smallest absolute Gasteiger partial charge is 0.325 e. The van der Waals surface area contributed by atoms with Crippen LogP contribution in [-0.2, 0) is 19.1 Å². The number of halogens is 1. The molecule has 0 unspecified atom stereocenters. The number of ether oxygens (including phenoxy) is 1.